The van der Waals surface area contributed by atoms with E-state index in [9.17, 15) is 9.59 Å². The van der Waals surface area contributed by atoms with E-state index >= 15 is 0 Å². The quantitative estimate of drug-likeness (QED) is 0.383. The van der Waals surface area contributed by atoms with E-state index in [1.807, 2.05) is 0 Å². The minimum absolute atomic E-state index is 0.0220. The third-order valence-electron chi connectivity index (χ3n) is 1.26. The Kier molecular flexibility index (Phi) is 6.42. The molecule has 90 valence electrons. The van der Waals surface area contributed by atoms with Crippen LogP contribution in [0.2, 0.25) is 0 Å². The second-order valence-corrected chi connectivity index (χ2v) is 3.11. The molecule has 0 aromatic rings. The molecule has 0 spiro atoms. The Morgan fingerprint density at radius 1 is 0.938 bits per heavy atom. The molecule has 0 radical (unpaired) electrons. The van der Waals surface area contributed by atoms with Crippen LogP contribution in [0.4, 0.5) is 0 Å². The Morgan fingerprint density at radius 2 is 1.25 bits per heavy atom. The average Bonchev–Trinajstić information content (AvgIpc) is 2.10. The van der Waals surface area contributed by atoms with Gasteiger partial charge in [0.2, 0.25) is 0 Å². The van der Waals surface area contributed by atoms with Gasteiger partial charge in [-0.3, -0.25) is 0 Å². The normalized spacial score (nSPS) is 12.1. The first-order chi connectivity index (χ1) is 7.41. The van der Waals surface area contributed by atoms with Crippen molar-refractivity contribution in [2.45, 2.75) is 13.8 Å². The lowest BCUT2D eigenvalue weighted by molar-refractivity contribution is -0.146. The SMILES string of the molecule is CC(N)=CC(=O)OCCOC(=O)C=C(C)N. The molecular formula is C10H16N2O4. The van der Waals surface area contributed by atoms with Crippen LogP contribution in [0, 0.1) is 0 Å². The Labute approximate surface area is 93.9 Å². The van der Waals surface area contributed by atoms with Gasteiger partial charge in [0.15, 0.2) is 0 Å². The molecule has 0 bridgehead atoms. The molecule has 0 aliphatic carbocycles. The minimum atomic E-state index is -0.568. The fraction of sp³-hybridized carbons (Fsp3) is 0.400. The number of hydrogen-bond donors (Lipinski definition) is 2. The zero-order valence-corrected chi connectivity index (χ0v) is 9.36. The lowest BCUT2D eigenvalue weighted by atomic mass is 10.4. The van der Waals surface area contributed by atoms with Crippen LogP contribution < -0.4 is 11.5 Å². The molecule has 0 saturated heterocycles. The van der Waals surface area contributed by atoms with Gasteiger partial charge in [-0.25, -0.2) is 9.59 Å². The van der Waals surface area contributed by atoms with E-state index < -0.39 is 11.9 Å². The molecule has 6 nitrogen and oxygen atoms in total. The molecule has 0 amide bonds. The van der Waals surface area contributed by atoms with Crippen LogP contribution in [-0.4, -0.2) is 25.2 Å². The van der Waals surface area contributed by atoms with E-state index in [2.05, 4.69) is 9.47 Å². The third-order valence-corrected chi connectivity index (χ3v) is 1.26. The summed E-state index contributed by atoms with van der Waals surface area (Å²) in [6.07, 6.45) is 2.29. The van der Waals surface area contributed by atoms with Gasteiger partial charge in [-0.15, -0.1) is 0 Å². The zero-order chi connectivity index (χ0) is 12.6. The second kappa shape index (κ2) is 7.33. The van der Waals surface area contributed by atoms with Crippen molar-refractivity contribution in [3.8, 4) is 0 Å². The number of nitrogens with two attached hydrogens (primary N) is 2. The van der Waals surface area contributed by atoms with Crippen LogP contribution in [0.15, 0.2) is 23.5 Å². The minimum Gasteiger partial charge on any atom is -0.459 e. The van der Waals surface area contributed by atoms with Gasteiger partial charge in [0.05, 0.1) is 0 Å². The van der Waals surface area contributed by atoms with Gasteiger partial charge < -0.3 is 20.9 Å². The summed E-state index contributed by atoms with van der Waals surface area (Å²) < 4.78 is 9.37. The van der Waals surface area contributed by atoms with E-state index in [0.717, 1.165) is 12.2 Å². The van der Waals surface area contributed by atoms with Gasteiger partial charge in [-0.2, -0.15) is 0 Å². The first-order valence-corrected chi connectivity index (χ1v) is 4.63. The second-order valence-electron chi connectivity index (χ2n) is 3.11. The predicted molar refractivity (Wildman–Crippen MR) is 57.8 cm³/mol. The standard InChI is InChI=1S/C10H16N2O4/c1-7(11)5-9(13)15-3-4-16-10(14)6-8(2)12/h5-6H,3-4,11-12H2,1-2H3. The fourth-order valence-corrected chi connectivity index (χ4v) is 0.740. The molecular weight excluding hydrogens is 212 g/mol. The molecule has 16 heavy (non-hydrogen) atoms. The predicted octanol–water partition coefficient (Wildman–Crippen LogP) is -0.202. The summed E-state index contributed by atoms with van der Waals surface area (Å²) in [6, 6.07) is 0. The Hall–Kier alpha value is -1.98. The van der Waals surface area contributed by atoms with Crippen molar-refractivity contribution in [1.29, 1.82) is 0 Å². The summed E-state index contributed by atoms with van der Waals surface area (Å²) in [5, 5.41) is 0. The Morgan fingerprint density at radius 3 is 1.50 bits per heavy atom. The van der Waals surface area contributed by atoms with Crippen LogP contribution in [0.1, 0.15) is 13.8 Å². The summed E-state index contributed by atoms with van der Waals surface area (Å²) in [7, 11) is 0. The van der Waals surface area contributed by atoms with Gasteiger partial charge in [0, 0.05) is 23.5 Å². The van der Waals surface area contributed by atoms with E-state index in [-0.39, 0.29) is 13.2 Å². The maximum atomic E-state index is 10.9. The van der Waals surface area contributed by atoms with Crippen molar-refractivity contribution in [3.05, 3.63) is 23.5 Å². The van der Waals surface area contributed by atoms with Crippen LogP contribution in [0.5, 0.6) is 0 Å². The highest BCUT2D eigenvalue weighted by molar-refractivity contribution is 5.83. The van der Waals surface area contributed by atoms with Gasteiger partial charge in [0.1, 0.15) is 13.2 Å². The summed E-state index contributed by atoms with van der Waals surface area (Å²) in [5.41, 5.74) is 11.2. The molecule has 0 fully saturated rings. The van der Waals surface area contributed by atoms with Crippen molar-refractivity contribution >= 4 is 11.9 Å². The highest BCUT2D eigenvalue weighted by atomic mass is 16.6. The van der Waals surface area contributed by atoms with Crippen LogP contribution in [0.25, 0.3) is 0 Å². The number of hydrogen-bond acceptors (Lipinski definition) is 6. The van der Waals surface area contributed by atoms with Crippen molar-refractivity contribution in [2.24, 2.45) is 11.5 Å². The lowest BCUT2D eigenvalue weighted by Crippen LogP contribution is -2.13. The maximum Gasteiger partial charge on any atom is 0.332 e. The van der Waals surface area contributed by atoms with Gasteiger partial charge in [-0.05, 0) is 13.8 Å². The molecule has 0 aromatic carbocycles. The number of esters is 2. The molecule has 0 rings (SSSR count). The van der Waals surface area contributed by atoms with E-state index in [0.29, 0.717) is 11.4 Å². The first kappa shape index (κ1) is 14.0. The van der Waals surface area contributed by atoms with Gasteiger partial charge in [-0.1, -0.05) is 0 Å². The number of carbonyl (C=O) groups is 2. The van der Waals surface area contributed by atoms with Gasteiger partial charge in [0.25, 0.3) is 0 Å². The molecule has 0 aliphatic heterocycles. The molecule has 0 atom stereocenters. The topological polar surface area (TPSA) is 105 Å². The van der Waals surface area contributed by atoms with Gasteiger partial charge >= 0.3 is 11.9 Å². The number of carbonyl (C=O) groups excluding carboxylic acids is 2. The summed E-state index contributed by atoms with van der Waals surface area (Å²) in [5.74, 6) is -1.14. The Bertz CT molecular complexity index is 281. The molecule has 0 saturated carbocycles. The summed E-state index contributed by atoms with van der Waals surface area (Å²) in [4.78, 5) is 21.8. The first-order valence-electron chi connectivity index (χ1n) is 4.63. The summed E-state index contributed by atoms with van der Waals surface area (Å²) >= 11 is 0. The monoisotopic (exact) mass is 228 g/mol. The van der Waals surface area contributed by atoms with Crippen molar-refractivity contribution in [2.75, 3.05) is 13.2 Å². The summed E-state index contributed by atoms with van der Waals surface area (Å²) in [6.45, 7) is 3.09. The zero-order valence-electron chi connectivity index (χ0n) is 9.36. The number of allylic oxidation sites excluding steroid dienone is 2. The molecule has 6 heteroatoms. The van der Waals surface area contributed by atoms with E-state index in [1.54, 1.807) is 13.8 Å². The van der Waals surface area contributed by atoms with E-state index in [1.165, 1.54) is 0 Å². The van der Waals surface area contributed by atoms with Crippen LogP contribution in [-0.2, 0) is 19.1 Å². The third kappa shape index (κ3) is 8.61. The average molecular weight is 228 g/mol. The number of rotatable bonds is 5. The molecule has 0 heterocycles. The largest absolute Gasteiger partial charge is 0.459 e. The molecule has 0 aliphatic rings. The number of ether oxygens (including phenoxy) is 2. The van der Waals surface area contributed by atoms with Crippen LogP contribution in [0.3, 0.4) is 0 Å². The molecule has 0 aromatic heterocycles. The highest BCUT2D eigenvalue weighted by Crippen LogP contribution is 1.88. The smallest absolute Gasteiger partial charge is 0.332 e. The van der Waals surface area contributed by atoms with E-state index in [4.69, 9.17) is 11.5 Å². The molecule has 4 N–H and O–H groups in total. The van der Waals surface area contributed by atoms with Crippen LogP contribution >= 0.6 is 0 Å². The van der Waals surface area contributed by atoms with Crippen molar-refractivity contribution < 1.29 is 19.1 Å². The van der Waals surface area contributed by atoms with Crippen molar-refractivity contribution in [3.63, 3.8) is 0 Å². The fourth-order valence-electron chi connectivity index (χ4n) is 0.740. The lowest BCUT2D eigenvalue weighted by Gasteiger charge is -2.03. The highest BCUT2D eigenvalue weighted by Gasteiger charge is 2.00. The molecule has 0 unspecified atom stereocenters. The Balaban J connectivity index is 3.69. The maximum absolute atomic E-state index is 10.9. The van der Waals surface area contributed by atoms with Crippen molar-refractivity contribution in [1.82, 2.24) is 0 Å².